The molecular formula is C20H33N3O2. The van der Waals surface area contributed by atoms with E-state index in [1.54, 1.807) is 0 Å². The van der Waals surface area contributed by atoms with E-state index >= 15 is 0 Å². The van der Waals surface area contributed by atoms with Gasteiger partial charge in [-0.25, -0.2) is 0 Å². The molecule has 1 N–H and O–H groups in total. The van der Waals surface area contributed by atoms with Crippen molar-refractivity contribution in [2.24, 2.45) is 0 Å². The Hall–Kier alpha value is -1.59. The fourth-order valence-electron chi connectivity index (χ4n) is 3.06. The number of carbonyl (C=O) groups excluding carboxylic acids is 1. The van der Waals surface area contributed by atoms with Crippen molar-refractivity contribution >= 4 is 5.91 Å². The van der Waals surface area contributed by atoms with Gasteiger partial charge in [-0.1, -0.05) is 39.0 Å². The Labute approximate surface area is 152 Å². The third kappa shape index (κ3) is 6.01. The van der Waals surface area contributed by atoms with Gasteiger partial charge in [-0.15, -0.1) is 0 Å². The van der Waals surface area contributed by atoms with E-state index in [1.807, 2.05) is 18.2 Å². The first-order valence-electron chi connectivity index (χ1n) is 9.19. The van der Waals surface area contributed by atoms with Gasteiger partial charge in [-0.05, 0) is 31.0 Å². The predicted molar refractivity (Wildman–Crippen MR) is 102 cm³/mol. The number of para-hydroxylation sites is 1. The molecule has 1 amide bonds. The molecule has 1 aromatic carbocycles. The third-order valence-corrected chi connectivity index (χ3v) is 4.81. The Kier molecular flexibility index (Phi) is 6.85. The van der Waals surface area contributed by atoms with Crippen LogP contribution in [0.15, 0.2) is 24.3 Å². The number of hydrogen-bond acceptors (Lipinski definition) is 4. The smallest absolute Gasteiger partial charge is 0.257 e. The zero-order valence-corrected chi connectivity index (χ0v) is 16.3. The minimum absolute atomic E-state index is 0.0109. The molecule has 140 valence electrons. The summed E-state index contributed by atoms with van der Waals surface area (Å²) in [6.07, 6.45) is 0. The highest BCUT2D eigenvalue weighted by molar-refractivity contribution is 5.77. The van der Waals surface area contributed by atoms with Crippen LogP contribution in [0.25, 0.3) is 0 Å². The summed E-state index contributed by atoms with van der Waals surface area (Å²) in [6, 6.07) is 8.28. The molecule has 25 heavy (non-hydrogen) atoms. The van der Waals surface area contributed by atoms with Crippen molar-refractivity contribution in [1.29, 1.82) is 0 Å². The monoisotopic (exact) mass is 347 g/mol. The number of carbonyl (C=O) groups is 1. The van der Waals surface area contributed by atoms with E-state index in [1.165, 1.54) is 0 Å². The molecule has 0 aromatic heterocycles. The molecule has 1 aromatic rings. The summed E-state index contributed by atoms with van der Waals surface area (Å²) in [5.74, 6) is 0.724. The first kappa shape index (κ1) is 19.7. The van der Waals surface area contributed by atoms with Crippen LogP contribution in [0.3, 0.4) is 0 Å². The summed E-state index contributed by atoms with van der Waals surface area (Å²) in [6.45, 7) is 13.6. The number of benzene rings is 1. The Morgan fingerprint density at radius 1 is 1.20 bits per heavy atom. The lowest BCUT2D eigenvalue weighted by Gasteiger charge is -2.36. The Balaban J connectivity index is 1.78. The SMILES string of the molecule is C[C@@H](CNC(=O)COc1ccccc1C(C)(C)C)N1CCN(C)CC1. The van der Waals surface area contributed by atoms with E-state index < -0.39 is 0 Å². The molecule has 1 atom stereocenters. The molecule has 0 spiro atoms. The van der Waals surface area contributed by atoms with Crippen LogP contribution in [-0.4, -0.2) is 68.1 Å². The van der Waals surface area contributed by atoms with Crippen molar-refractivity contribution in [3.63, 3.8) is 0 Å². The Morgan fingerprint density at radius 3 is 2.48 bits per heavy atom. The first-order chi connectivity index (χ1) is 11.8. The average Bonchev–Trinajstić information content (AvgIpc) is 2.58. The summed E-state index contributed by atoms with van der Waals surface area (Å²) in [4.78, 5) is 16.9. The minimum Gasteiger partial charge on any atom is -0.483 e. The number of amides is 1. The number of ether oxygens (including phenoxy) is 1. The van der Waals surface area contributed by atoms with E-state index in [-0.39, 0.29) is 17.9 Å². The van der Waals surface area contributed by atoms with Crippen molar-refractivity contribution in [2.45, 2.75) is 39.2 Å². The van der Waals surface area contributed by atoms with E-state index in [4.69, 9.17) is 4.74 Å². The number of hydrogen-bond donors (Lipinski definition) is 1. The van der Waals surface area contributed by atoms with Gasteiger partial charge in [0.05, 0.1) is 0 Å². The van der Waals surface area contributed by atoms with Gasteiger partial charge >= 0.3 is 0 Å². The molecule has 0 radical (unpaired) electrons. The van der Waals surface area contributed by atoms with Gasteiger partial charge in [0.25, 0.3) is 5.91 Å². The molecule has 0 bridgehead atoms. The third-order valence-electron chi connectivity index (χ3n) is 4.81. The summed E-state index contributed by atoms with van der Waals surface area (Å²) in [5, 5.41) is 3.00. The quantitative estimate of drug-likeness (QED) is 0.856. The van der Waals surface area contributed by atoms with Crippen LogP contribution in [0.5, 0.6) is 5.75 Å². The maximum absolute atomic E-state index is 12.2. The summed E-state index contributed by atoms with van der Waals surface area (Å²) < 4.78 is 5.78. The van der Waals surface area contributed by atoms with E-state index in [9.17, 15) is 4.79 Å². The molecule has 2 rings (SSSR count). The number of nitrogens with zero attached hydrogens (tertiary/aromatic N) is 2. The van der Waals surface area contributed by atoms with Crippen LogP contribution >= 0.6 is 0 Å². The van der Waals surface area contributed by atoms with Crippen molar-refractivity contribution in [1.82, 2.24) is 15.1 Å². The second-order valence-corrected chi connectivity index (χ2v) is 8.03. The van der Waals surface area contributed by atoms with E-state index in [0.29, 0.717) is 12.6 Å². The van der Waals surface area contributed by atoms with Gasteiger partial charge in [0.2, 0.25) is 0 Å². The van der Waals surface area contributed by atoms with Crippen LogP contribution < -0.4 is 10.1 Å². The molecule has 0 saturated carbocycles. The van der Waals surface area contributed by atoms with Crippen LogP contribution in [0.1, 0.15) is 33.3 Å². The standard InChI is InChI=1S/C20H33N3O2/c1-16(23-12-10-22(5)11-13-23)14-21-19(24)15-25-18-9-7-6-8-17(18)20(2,3)4/h6-9,16H,10-15H2,1-5H3,(H,21,24)/t16-/m0/s1. The molecule has 5 heteroatoms. The summed E-state index contributed by atoms with van der Waals surface area (Å²) >= 11 is 0. The van der Waals surface area contributed by atoms with Gasteiger partial charge in [0.15, 0.2) is 6.61 Å². The molecule has 0 aliphatic carbocycles. The van der Waals surface area contributed by atoms with Gasteiger partial charge < -0.3 is 15.0 Å². The van der Waals surface area contributed by atoms with Crippen LogP contribution in [-0.2, 0) is 10.2 Å². The van der Waals surface area contributed by atoms with Crippen molar-refractivity contribution < 1.29 is 9.53 Å². The lowest BCUT2D eigenvalue weighted by molar-refractivity contribution is -0.123. The second kappa shape index (κ2) is 8.68. The zero-order chi connectivity index (χ0) is 18.4. The fourth-order valence-corrected chi connectivity index (χ4v) is 3.06. The largest absolute Gasteiger partial charge is 0.483 e. The van der Waals surface area contributed by atoms with Crippen molar-refractivity contribution in [2.75, 3.05) is 46.4 Å². The lowest BCUT2D eigenvalue weighted by atomic mass is 9.86. The molecule has 5 nitrogen and oxygen atoms in total. The Bertz CT molecular complexity index is 560. The van der Waals surface area contributed by atoms with E-state index in [0.717, 1.165) is 37.5 Å². The van der Waals surface area contributed by atoms with Gasteiger partial charge in [-0.3, -0.25) is 9.69 Å². The van der Waals surface area contributed by atoms with Gasteiger partial charge in [0, 0.05) is 38.8 Å². The number of likely N-dealkylation sites (N-methyl/N-ethyl adjacent to an activating group) is 1. The average molecular weight is 348 g/mol. The first-order valence-corrected chi connectivity index (χ1v) is 9.19. The number of nitrogens with one attached hydrogen (secondary N) is 1. The van der Waals surface area contributed by atoms with Crippen molar-refractivity contribution in [3.05, 3.63) is 29.8 Å². The minimum atomic E-state index is -0.0651. The molecule has 1 saturated heterocycles. The van der Waals surface area contributed by atoms with Crippen LogP contribution in [0, 0.1) is 0 Å². The number of piperazine rings is 1. The maximum atomic E-state index is 12.2. The molecule has 1 fully saturated rings. The predicted octanol–water partition coefficient (Wildman–Crippen LogP) is 2.11. The highest BCUT2D eigenvalue weighted by Crippen LogP contribution is 2.30. The summed E-state index contributed by atoms with van der Waals surface area (Å²) in [7, 11) is 2.15. The van der Waals surface area contributed by atoms with E-state index in [2.05, 4.69) is 55.9 Å². The second-order valence-electron chi connectivity index (χ2n) is 8.03. The highest BCUT2D eigenvalue weighted by atomic mass is 16.5. The normalized spacial score (nSPS) is 18.0. The number of rotatable bonds is 6. The maximum Gasteiger partial charge on any atom is 0.257 e. The van der Waals surface area contributed by atoms with Crippen LogP contribution in [0.2, 0.25) is 0 Å². The molecule has 1 aliphatic rings. The Morgan fingerprint density at radius 2 is 1.84 bits per heavy atom. The highest BCUT2D eigenvalue weighted by Gasteiger charge is 2.21. The topological polar surface area (TPSA) is 44.8 Å². The summed E-state index contributed by atoms with van der Waals surface area (Å²) in [5.41, 5.74) is 1.11. The lowest BCUT2D eigenvalue weighted by Crippen LogP contribution is -2.51. The van der Waals surface area contributed by atoms with Crippen LogP contribution in [0.4, 0.5) is 0 Å². The molecule has 1 heterocycles. The fraction of sp³-hybridized carbons (Fsp3) is 0.650. The molecule has 1 aliphatic heterocycles. The molecule has 0 unspecified atom stereocenters. The van der Waals surface area contributed by atoms with Gasteiger partial charge in [-0.2, -0.15) is 0 Å². The van der Waals surface area contributed by atoms with Gasteiger partial charge in [0.1, 0.15) is 5.75 Å². The zero-order valence-electron chi connectivity index (χ0n) is 16.3. The van der Waals surface area contributed by atoms with Crippen molar-refractivity contribution in [3.8, 4) is 5.75 Å². The molecular weight excluding hydrogens is 314 g/mol.